The van der Waals surface area contributed by atoms with Crippen molar-refractivity contribution in [2.45, 2.75) is 25.9 Å². The summed E-state index contributed by atoms with van der Waals surface area (Å²) in [5.41, 5.74) is 5.16. The fourth-order valence-electron chi connectivity index (χ4n) is 3.21. The van der Waals surface area contributed by atoms with E-state index in [4.69, 9.17) is 4.98 Å². The lowest BCUT2D eigenvalue weighted by Crippen LogP contribution is -2.22. The number of aryl methyl sites for hydroxylation is 1. The number of rotatable bonds is 5. The SMILES string of the molecule is Cc1cccc(-n2c(SCC(C)C)nc3c(-c4ccccc4)c[nH]c3c2=O)c1. The Bertz CT molecular complexity index is 1180. The van der Waals surface area contributed by atoms with Gasteiger partial charge in [-0.2, -0.15) is 0 Å². The van der Waals surface area contributed by atoms with Gasteiger partial charge in [0.1, 0.15) is 11.0 Å². The Labute approximate surface area is 168 Å². The summed E-state index contributed by atoms with van der Waals surface area (Å²) >= 11 is 1.63. The summed E-state index contributed by atoms with van der Waals surface area (Å²) in [5.74, 6) is 1.40. The number of thioether (sulfide) groups is 1. The fourth-order valence-corrected chi connectivity index (χ4v) is 4.17. The number of nitrogens with zero attached hydrogens (tertiary/aromatic N) is 2. The van der Waals surface area contributed by atoms with Crippen LogP contribution in [0.4, 0.5) is 0 Å². The van der Waals surface area contributed by atoms with Gasteiger partial charge in [-0.05, 0) is 36.1 Å². The van der Waals surface area contributed by atoms with Crippen molar-refractivity contribution in [2.75, 3.05) is 5.75 Å². The molecule has 0 aliphatic heterocycles. The van der Waals surface area contributed by atoms with Crippen LogP contribution in [-0.2, 0) is 0 Å². The van der Waals surface area contributed by atoms with Crippen molar-refractivity contribution in [3.8, 4) is 16.8 Å². The maximum absolute atomic E-state index is 13.4. The number of fused-ring (bicyclic) bond motifs is 1. The molecule has 4 aromatic rings. The summed E-state index contributed by atoms with van der Waals surface area (Å²) in [4.78, 5) is 21.5. The van der Waals surface area contributed by atoms with E-state index in [-0.39, 0.29) is 5.56 Å². The molecule has 0 aliphatic carbocycles. The first-order valence-corrected chi connectivity index (χ1v) is 10.4. The molecule has 0 amide bonds. The molecule has 0 radical (unpaired) electrons. The van der Waals surface area contributed by atoms with Crippen molar-refractivity contribution in [3.63, 3.8) is 0 Å². The molecule has 0 bridgehead atoms. The van der Waals surface area contributed by atoms with Crippen LogP contribution in [0.3, 0.4) is 0 Å². The minimum atomic E-state index is -0.0657. The van der Waals surface area contributed by atoms with Crippen LogP contribution in [0.5, 0.6) is 0 Å². The number of hydrogen-bond acceptors (Lipinski definition) is 3. The Hall–Kier alpha value is -2.79. The van der Waals surface area contributed by atoms with Crippen LogP contribution in [0.2, 0.25) is 0 Å². The van der Waals surface area contributed by atoms with Crippen LogP contribution >= 0.6 is 11.8 Å². The van der Waals surface area contributed by atoms with Crippen LogP contribution in [0.1, 0.15) is 19.4 Å². The minimum Gasteiger partial charge on any atom is -0.355 e. The van der Waals surface area contributed by atoms with E-state index in [2.05, 4.69) is 18.8 Å². The lowest BCUT2D eigenvalue weighted by Gasteiger charge is -2.14. The van der Waals surface area contributed by atoms with E-state index in [1.807, 2.05) is 67.7 Å². The average molecular weight is 390 g/mol. The molecule has 0 saturated heterocycles. The lowest BCUT2D eigenvalue weighted by molar-refractivity contribution is 0.742. The van der Waals surface area contributed by atoms with Gasteiger partial charge in [-0.3, -0.25) is 9.36 Å². The first-order valence-electron chi connectivity index (χ1n) is 9.44. The number of benzene rings is 2. The Morgan fingerprint density at radius 1 is 1.11 bits per heavy atom. The van der Waals surface area contributed by atoms with Gasteiger partial charge >= 0.3 is 0 Å². The highest BCUT2D eigenvalue weighted by molar-refractivity contribution is 7.99. The van der Waals surface area contributed by atoms with E-state index >= 15 is 0 Å². The molecule has 0 spiro atoms. The smallest absolute Gasteiger partial charge is 0.283 e. The Balaban J connectivity index is 1.97. The lowest BCUT2D eigenvalue weighted by atomic mass is 10.1. The molecule has 0 aliphatic rings. The quantitative estimate of drug-likeness (QED) is 0.365. The second-order valence-corrected chi connectivity index (χ2v) is 8.36. The van der Waals surface area contributed by atoms with Crippen molar-refractivity contribution in [3.05, 3.63) is 76.7 Å². The van der Waals surface area contributed by atoms with Gasteiger partial charge in [0, 0.05) is 17.5 Å². The number of aromatic nitrogens is 3. The third-order valence-electron chi connectivity index (χ3n) is 4.56. The molecule has 28 heavy (non-hydrogen) atoms. The van der Waals surface area contributed by atoms with Gasteiger partial charge in [0.05, 0.1) is 5.69 Å². The molecule has 0 fully saturated rings. The predicted octanol–water partition coefficient (Wildman–Crippen LogP) is 5.44. The summed E-state index contributed by atoms with van der Waals surface area (Å²) in [6.07, 6.45) is 1.88. The normalized spacial score (nSPS) is 11.4. The molecule has 5 heteroatoms. The van der Waals surface area contributed by atoms with E-state index < -0.39 is 0 Å². The molecular weight excluding hydrogens is 366 g/mol. The summed E-state index contributed by atoms with van der Waals surface area (Å²) < 4.78 is 1.73. The van der Waals surface area contributed by atoms with Crippen LogP contribution < -0.4 is 5.56 Å². The van der Waals surface area contributed by atoms with Crippen LogP contribution in [0.15, 0.2) is 70.7 Å². The monoisotopic (exact) mass is 389 g/mol. The van der Waals surface area contributed by atoms with Gasteiger partial charge in [0.15, 0.2) is 5.16 Å². The maximum Gasteiger partial charge on any atom is 0.283 e. The molecule has 0 unspecified atom stereocenters. The molecule has 0 saturated carbocycles. The zero-order valence-corrected chi connectivity index (χ0v) is 17.1. The Morgan fingerprint density at radius 2 is 1.89 bits per heavy atom. The fraction of sp³-hybridized carbons (Fsp3) is 0.217. The third-order valence-corrected chi connectivity index (χ3v) is 5.92. The van der Waals surface area contributed by atoms with Crippen molar-refractivity contribution >= 4 is 22.8 Å². The molecule has 2 aromatic carbocycles. The molecule has 0 atom stereocenters. The predicted molar refractivity (Wildman–Crippen MR) is 117 cm³/mol. The molecule has 4 rings (SSSR count). The molecule has 2 heterocycles. The molecule has 2 aromatic heterocycles. The number of nitrogens with one attached hydrogen (secondary N) is 1. The van der Waals surface area contributed by atoms with Gasteiger partial charge in [-0.1, -0.05) is 68.1 Å². The van der Waals surface area contributed by atoms with E-state index in [1.54, 1.807) is 16.3 Å². The van der Waals surface area contributed by atoms with Crippen LogP contribution in [-0.4, -0.2) is 20.3 Å². The Morgan fingerprint density at radius 3 is 2.61 bits per heavy atom. The second kappa shape index (κ2) is 7.68. The standard InChI is InChI=1S/C23H23N3OS/c1-15(2)14-28-23-25-20-19(17-9-5-4-6-10-17)13-24-21(20)22(27)26(23)18-11-7-8-16(3)12-18/h4-13,15,24H,14H2,1-3H3. The van der Waals surface area contributed by atoms with Crippen LogP contribution in [0.25, 0.3) is 27.8 Å². The Kier molecular flexibility index (Phi) is 5.09. The average Bonchev–Trinajstić information content (AvgIpc) is 3.11. The summed E-state index contributed by atoms with van der Waals surface area (Å²) in [5, 5.41) is 0.730. The van der Waals surface area contributed by atoms with Crippen molar-refractivity contribution in [1.82, 2.24) is 14.5 Å². The van der Waals surface area contributed by atoms with E-state index in [0.717, 1.165) is 38.8 Å². The number of hydrogen-bond donors (Lipinski definition) is 1. The second-order valence-electron chi connectivity index (χ2n) is 7.37. The van der Waals surface area contributed by atoms with E-state index in [9.17, 15) is 4.79 Å². The maximum atomic E-state index is 13.4. The molecular formula is C23H23N3OS. The largest absolute Gasteiger partial charge is 0.355 e. The van der Waals surface area contributed by atoms with Gasteiger partial charge < -0.3 is 4.98 Å². The number of H-pyrrole nitrogens is 1. The zero-order chi connectivity index (χ0) is 19.7. The molecule has 4 nitrogen and oxygen atoms in total. The van der Waals surface area contributed by atoms with Crippen molar-refractivity contribution in [1.29, 1.82) is 0 Å². The van der Waals surface area contributed by atoms with Crippen molar-refractivity contribution < 1.29 is 0 Å². The first kappa shape index (κ1) is 18.6. The molecule has 1 N–H and O–H groups in total. The summed E-state index contributed by atoms with van der Waals surface area (Å²) in [7, 11) is 0. The van der Waals surface area contributed by atoms with Crippen LogP contribution in [0, 0.1) is 12.8 Å². The number of aromatic amines is 1. The van der Waals surface area contributed by atoms with E-state index in [0.29, 0.717) is 11.4 Å². The van der Waals surface area contributed by atoms with Gasteiger partial charge in [0.2, 0.25) is 0 Å². The summed E-state index contributed by atoms with van der Waals surface area (Å²) in [6.45, 7) is 6.38. The topological polar surface area (TPSA) is 50.7 Å². The summed E-state index contributed by atoms with van der Waals surface area (Å²) in [6, 6.07) is 18.0. The van der Waals surface area contributed by atoms with Gasteiger partial charge in [0.25, 0.3) is 5.56 Å². The zero-order valence-electron chi connectivity index (χ0n) is 16.3. The van der Waals surface area contributed by atoms with Crippen molar-refractivity contribution in [2.24, 2.45) is 5.92 Å². The van der Waals surface area contributed by atoms with E-state index in [1.165, 1.54) is 0 Å². The van der Waals surface area contributed by atoms with Gasteiger partial charge in [-0.15, -0.1) is 0 Å². The minimum absolute atomic E-state index is 0.0657. The highest BCUT2D eigenvalue weighted by Crippen LogP contribution is 2.29. The highest BCUT2D eigenvalue weighted by atomic mass is 32.2. The third kappa shape index (κ3) is 3.50. The first-order chi connectivity index (χ1) is 13.5. The molecule has 142 valence electrons. The highest BCUT2D eigenvalue weighted by Gasteiger charge is 2.18. The van der Waals surface area contributed by atoms with Gasteiger partial charge in [-0.25, -0.2) is 4.98 Å².